The molecule has 0 spiro atoms. The van der Waals surface area contributed by atoms with Gasteiger partial charge in [0.05, 0.1) is 5.54 Å². The van der Waals surface area contributed by atoms with Crippen LogP contribution in [0.2, 0.25) is 0 Å². The molecule has 0 radical (unpaired) electrons. The van der Waals surface area contributed by atoms with E-state index in [-0.39, 0.29) is 23.9 Å². The minimum Gasteiger partial charge on any atom is -0.423 e. The highest BCUT2D eigenvalue weighted by molar-refractivity contribution is 5.99. The number of fused-ring (bicyclic) bond motifs is 1. The van der Waals surface area contributed by atoms with E-state index < -0.39 is 5.54 Å². The van der Waals surface area contributed by atoms with E-state index in [0.717, 1.165) is 31.1 Å². The number of carbonyl (C=O) groups is 1. The molecule has 1 aromatic heterocycles. The molecular weight excluding hydrogens is 292 g/mol. The van der Waals surface area contributed by atoms with Gasteiger partial charge in [-0.1, -0.05) is 12.8 Å². The van der Waals surface area contributed by atoms with Crippen LogP contribution in [0.15, 0.2) is 39.5 Å². The number of halogens is 1. The number of nitrogens with one attached hydrogen (secondary N) is 1. The number of rotatable bonds is 2. The van der Waals surface area contributed by atoms with E-state index in [1.54, 1.807) is 24.3 Å². The van der Waals surface area contributed by atoms with E-state index >= 15 is 0 Å². The van der Waals surface area contributed by atoms with Crippen molar-refractivity contribution < 1.29 is 9.21 Å². The van der Waals surface area contributed by atoms with Crippen molar-refractivity contribution in [2.45, 2.75) is 31.2 Å². The zero-order valence-electron chi connectivity index (χ0n) is 11.4. The molecule has 1 fully saturated rings. The van der Waals surface area contributed by atoms with E-state index in [2.05, 4.69) is 5.32 Å². The van der Waals surface area contributed by atoms with Gasteiger partial charge in [0.15, 0.2) is 0 Å². The lowest BCUT2D eigenvalue weighted by molar-refractivity contribution is -0.121. The lowest BCUT2D eigenvalue weighted by Gasteiger charge is -2.22. The van der Waals surface area contributed by atoms with Crippen LogP contribution in [-0.2, 0) is 4.79 Å². The largest absolute Gasteiger partial charge is 0.423 e. The average Bonchev–Trinajstić information content (AvgIpc) is 2.87. The Morgan fingerprint density at radius 2 is 1.90 bits per heavy atom. The molecule has 3 rings (SSSR count). The number of carbonyl (C=O) groups excluding carboxylic acids is 1. The van der Waals surface area contributed by atoms with Gasteiger partial charge in [0.1, 0.15) is 5.58 Å². The molecule has 0 unspecified atom stereocenters. The van der Waals surface area contributed by atoms with Crippen molar-refractivity contribution >= 4 is 35.0 Å². The van der Waals surface area contributed by atoms with E-state index in [1.165, 1.54) is 6.07 Å². The third-order valence-electron chi connectivity index (χ3n) is 3.83. The molecular formula is C15H17ClN2O3. The van der Waals surface area contributed by atoms with Gasteiger partial charge < -0.3 is 15.5 Å². The fraction of sp³-hybridized carbons (Fsp3) is 0.333. The SMILES string of the molecule is Cl.NC1(C(=O)Nc2ccc3oc(=O)ccc3c2)CCCC1. The molecule has 21 heavy (non-hydrogen) atoms. The van der Waals surface area contributed by atoms with Crippen molar-refractivity contribution in [3.63, 3.8) is 0 Å². The Hall–Kier alpha value is -1.85. The van der Waals surface area contributed by atoms with Crippen LogP contribution < -0.4 is 16.7 Å². The molecule has 0 aliphatic heterocycles. The van der Waals surface area contributed by atoms with Crippen molar-refractivity contribution in [3.05, 3.63) is 40.8 Å². The van der Waals surface area contributed by atoms with E-state index in [0.29, 0.717) is 11.3 Å². The van der Waals surface area contributed by atoms with Gasteiger partial charge in [0, 0.05) is 17.1 Å². The molecule has 3 N–H and O–H groups in total. The number of hydrogen-bond donors (Lipinski definition) is 2. The van der Waals surface area contributed by atoms with Crippen molar-refractivity contribution in [3.8, 4) is 0 Å². The van der Waals surface area contributed by atoms with Gasteiger partial charge in [-0.25, -0.2) is 4.79 Å². The second kappa shape index (κ2) is 5.87. The first-order valence-electron chi connectivity index (χ1n) is 6.71. The summed E-state index contributed by atoms with van der Waals surface area (Å²) in [7, 11) is 0. The molecule has 5 nitrogen and oxygen atoms in total. The van der Waals surface area contributed by atoms with Crippen molar-refractivity contribution in [2.24, 2.45) is 5.73 Å². The van der Waals surface area contributed by atoms with Gasteiger partial charge in [0.25, 0.3) is 0 Å². The van der Waals surface area contributed by atoms with Gasteiger partial charge in [-0.15, -0.1) is 12.4 Å². The summed E-state index contributed by atoms with van der Waals surface area (Å²) in [5.41, 5.74) is 6.13. The maximum absolute atomic E-state index is 12.2. The first kappa shape index (κ1) is 15.5. The Bertz CT molecular complexity index is 720. The summed E-state index contributed by atoms with van der Waals surface area (Å²) in [4.78, 5) is 23.3. The second-order valence-corrected chi connectivity index (χ2v) is 5.32. The average molecular weight is 309 g/mol. The Morgan fingerprint density at radius 1 is 1.19 bits per heavy atom. The molecule has 1 aliphatic carbocycles. The van der Waals surface area contributed by atoms with Crippen LogP contribution in [0, 0.1) is 0 Å². The van der Waals surface area contributed by atoms with Crippen LogP contribution in [0.3, 0.4) is 0 Å². The summed E-state index contributed by atoms with van der Waals surface area (Å²) in [5.74, 6) is -0.147. The lowest BCUT2D eigenvalue weighted by Crippen LogP contribution is -2.48. The lowest BCUT2D eigenvalue weighted by atomic mass is 9.98. The smallest absolute Gasteiger partial charge is 0.336 e. The molecule has 1 heterocycles. The zero-order valence-corrected chi connectivity index (χ0v) is 12.2. The van der Waals surface area contributed by atoms with Gasteiger partial charge in [-0.05, 0) is 37.1 Å². The van der Waals surface area contributed by atoms with E-state index in [9.17, 15) is 9.59 Å². The minimum absolute atomic E-state index is 0. The fourth-order valence-corrected chi connectivity index (χ4v) is 2.64. The predicted molar refractivity (Wildman–Crippen MR) is 83.7 cm³/mol. The Labute approximate surface area is 127 Å². The molecule has 1 aliphatic rings. The summed E-state index contributed by atoms with van der Waals surface area (Å²) in [6.45, 7) is 0. The fourth-order valence-electron chi connectivity index (χ4n) is 2.64. The molecule has 0 atom stereocenters. The summed E-state index contributed by atoms with van der Waals surface area (Å²) >= 11 is 0. The summed E-state index contributed by atoms with van der Waals surface area (Å²) in [6.07, 6.45) is 3.43. The number of nitrogens with two attached hydrogens (primary N) is 1. The van der Waals surface area contributed by atoms with Crippen LogP contribution in [0.1, 0.15) is 25.7 Å². The molecule has 1 saturated carbocycles. The van der Waals surface area contributed by atoms with E-state index in [1.807, 2.05) is 0 Å². The predicted octanol–water partition coefficient (Wildman–Crippen LogP) is 2.42. The van der Waals surface area contributed by atoms with Gasteiger partial charge in [-0.2, -0.15) is 0 Å². The third-order valence-corrected chi connectivity index (χ3v) is 3.83. The highest BCUT2D eigenvalue weighted by Crippen LogP contribution is 2.28. The monoisotopic (exact) mass is 308 g/mol. The molecule has 6 heteroatoms. The highest BCUT2D eigenvalue weighted by atomic mass is 35.5. The zero-order chi connectivity index (χ0) is 14.2. The van der Waals surface area contributed by atoms with Crippen LogP contribution in [0.4, 0.5) is 5.69 Å². The quantitative estimate of drug-likeness (QED) is 0.834. The molecule has 2 aromatic rings. The van der Waals surface area contributed by atoms with Gasteiger partial charge >= 0.3 is 5.63 Å². The van der Waals surface area contributed by atoms with Crippen molar-refractivity contribution in [1.82, 2.24) is 0 Å². The maximum atomic E-state index is 12.2. The van der Waals surface area contributed by atoms with E-state index in [4.69, 9.17) is 10.2 Å². The maximum Gasteiger partial charge on any atom is 0.336 e. The van der Waals surface area contributed by atoms with Crippen LogP contribution in [-0.4, -0.2) is 11.4 Å². The molecule has 1 amide bonds. The minimum atomic E-state index is -0.752. The summed E-state index contributed by atoms with van der Waals surface area (Å²) in [6, 6.07) is 8.18. The second-order valence-electron chi connectivity index (χ2n) is 5.32. The number of benzene rings is 1. The Morgan fingerprint density at radius 3 is 2.62 bits per heavy atom. The molecule has 1 aromatic carbocycles. The standard InChI is InChI=1S/C15H16N2O3.ClH/c16-15(7-1-2-8-15)14(19)17-11-4-5-12-10(9-11)3-6-13(18)20-12;/h3-6,9H,1-2,7-8,16H2,(H,17,19);1H. The first-order valence-corrected chi connectivity index (χ1v) is 6.71. The normalized spacial score (nSPS) is 16.4. The van der Waals surface area contributed by atoms with Crippen molar-refractivity contribution in [1.29, 1.82) is 0 Å². The van der Waals surface area contributed by atoms with Crippen LogP contribution in [0.25, 0.3) is 11.0 Å². The number of hydrogen-bond acceptors (Lipinski definition) is 4. The summed E-state index contributed by atoms with van der Waals surface area (Å²) < 4.78 is 5.05. The number of amides is 1. The van der Waals surface area contributed by atoms with Crippen LogP contribution in [0.5, 0.6) is 0 Å². The Kier molecular flexibility index (Phi) is 4.34. The van der Waals surface area contributed by atoms with Gasteiger partial charge in [-0.3, -0.25) is 4.79 Å². The first-order chi connectivity index (χ1) is 9.57. The number of anilines is 1. The topological polar surface area (TPSA) is 85.3 Å². The van der Waals surface area contributed by atoms with Crippen LogP contribution >= 0.6 is 12.4 Å². The highest BCUT2D eigenvalue weighted by Gasteiger charge is 2.36. The van der Waals surface area contributed by atoms with Crippen molar-refractivity contribution in [2.75, 3.05) is 5.32 Å². The van der Waals surface area contributed by atoms with Gasteiger partial charge in [0.2, 0.25) is 5.91 Å². The molecule has 112 valence electrons. The Balaban J connectivity index is 0.00000161. The molecule has 0 bridgehead atoms. The molecule has 0 saturated heterocycles. The third kappa shape index (κ3) is 3.09. The summed E-state index contributed by atoms with van der Waals surface area (Å²) in [5, 5.41) is 3.61.